The number of likely N-dealkylation sites (tertiary alicyclic amines) is 1. The minimum Gasteiger partial charge on any atom is -0.444 e. The Morgan fingerprint density at radius 3 is 2.20 bits per heavy atom. The van der Waals surface area contributed by atoms with Crippen LogP contribution in [0.1, 0.15) is 67.2 Å². The average Bonchev–Trinajstić information content (AvgIpc) is 3.46. The quantitative estimate of drug-likeness (QED) is 0.300. The van der Waals surface area contributed by atoms with Gasteiger partial charge in [-0.1, -0.05) is 0 Å². The highest BCUT2D eigenvalue weighted by Crippen LogP contribution is 2.32. The fourth-order valence-electron chi connectivity index (χ4n) is 3.42. The fraction of sp³-hybridized carbons (Fsp3) is 0.909. The largest absolute Gasteiger partial charge is 0.444 e. The van der Waals surface area contributed by atoms with E-state index in [2.05, 4.69) is 17.1 Å². The van der Waals surface area contributed by atoms with Crippen LogP contribution in [0.15, 0.2) is 4.99 Å². The molecule has 0 aromatic carbocycles. The molecule has 2 rings (SSSR count). The second-order valence-corrected chi connectivity index (χ2v) is 9.93. The van der Waals surface area contributed by atoms with Crippen molar-refractivity contribution in [3.05, 3.63) is 0 Å². The van der Waals surface area contributed by atoms with Gasteiger partial charge in [-0.05, 0) is 73.1 Å². The first-order valence-electron chi connectivity index (χ1n) is 11.1. The lowest BCUT2D eigenvalue weighted by Gasteiger charge is -2.40. The summed E-state index contributed by atoms with van der Waals surface area (Å²) in [5.74, 6) is 1.58. The van der Waals surface area contributed by atoms with Gasteiger partial charge in [0.15, 0.2) is 5.96 Å². The Morgan fingerprint density at radius 2 is 1.73 bits per heavy atom. The van der Waals surface area contributed by atoms with Crippen molar-refractivity contribution in [3.63, 3.8) is 0 Å². The molecule has 1 amide bonds. The van der Waals surface area contributed by atoms with E-state index in [0.717, 1.165) is 45.0 Å². The van der Waals surface area contributed by atoms with Crippen molar-refractivity contribution in [2.75, 3.05) is 39.8 Å². The summed E-state index contributed by atoms with van der Waals surface area (Å²) in [6, 6.07) is 0.236. The summed E-state index contributed by atoms with van der Waals surface area (Å²) in [5, 5.41) is 3.40. The van der Waals surface area contributed by atoms with E-state index in [9.17, 15) is 4.79 Å². The molecule has 0 radical (unpaired) electrons. The van der Waals surface area contributed by atoms with Gasteiger partial charge >= 0.3 is 6.09 Å². The molecule has 0 aromatic rings. The van der Waals surface area contributed by atoms with Crippen LogP contribution in [0.2, 0.25) is 0 Å². The molecule has 2 fully saturated rings. The molecule has 1 N–H and O–H groups in total. The zero-order valence-corrected chi connectivity index (χ0v) is 22.3. The van der Waals surface area contributed by atoms with Crippen LogP contribution in [0, 0.1) is 5.92 Å². The third-order valence-electron chi connectivity index (χ3n) is 5.48. The van der Waals surface area contributed by atoms with Crippen molar-refractivity contribution in [2.45, 2.75) is 84.5 Å². The molecule has 0 unspecified atom stereocenters. The Bertz CT molecular complexity index is 565. The summed E-state index contributed by atoms with van der Waals surface area (Å²) >= 11 is 0. The van der Waals surface area contributed by atoms with Crippen molar-refractivity contribution >= 4 is 36.0 Å². The molecule has 7 nitrogen and oxygen atoms in total. The van der Waals surface area contributed by atoms with Crippen molar-refractivity contribution in [1.29, 1.82) is 0 Å². The van der Waals surface area contributed by atoms with Crippen molar-refractivity contribution in [1.82, 2.24) is 15.1 Å². The molecule has 1 saturated carbocycles. The number of nitrogens with one attached hydrogen (secondary N) is 1. The maximum absolute atomic E-state index is 12.8. The number of carbonyl (C=O) groups is 1. The van der Waals surface area contributed by atoms with Gasteiger partial charge in [0.1, 0.15) is 5.60 Å². The van der Waals surface area contributed by atoms with E-state index >= 15 is 0 Å². The number of amides is 1. The number of rotatable bonds is 7. The second-order valence-electron chi connectivity index (χ2n) is 9.93. The first kappa shape index (κ1) is 27.3. The lowest BCUT2D eigenvalue weighted by atomic mass is 10.0. The highest BCUT2D eigenvalue weighted by atomic mass is 127. The van der Waals surface area contributed by atoms with Gasteiger partial charge in [0.25, 0.3) is 0 Å². The first-order valence-corrected chi connectivity index (χ1v) is 11.1. The smallest absolute Gasteiger partial charge is 0.410 e. The number of ether oxygens (including phenoxy) is 2. The highest BCUT2D eigenvalue weighted by molar-refractivity contribution is 14.0. The normalized spacial score (nSPS) is 18.6. The topological polar surface area (TPSA) is 66.4 Å². The number of guanidine groups is 1. The maximum Gasteiger partial charge on any atom is 0.410 e. The molecule has 0 bridgehead atoms. The number of methoxy groups -OCH3 is 1. The van der Waals surface area contributed by atoms with Gasteiger partial charge in [-0.2, -0.15) is 0 Å². The lowest BCUT2D eigenvalue weighted by molar-refractivity contribution is 0.00913. The van der Waals surface area contributed by atoms with Crippen LogP contribution in [0.3, 0.4) is 0 Å². The molecule has 1 saturated heterocycles. The first-order chi connectivity index (χ1) is 13.5. The standard InChI is InChI=1S/C22H42N4O3.HI/c1-8-23-19(24-16-22(5,6)28-7)25-13-11-18(12-14-25)26(15-17-9-10-17)20(27)29-21(2,3)4;/h17-18H,8-16H2,1-7H3,(H,23,24);1H. The van der Waals surface area contributed by atoms with Crippen LogP contribution in [0.4, 0.5) is 4.79 Å². The molecule has 8 heteroatoms. The van der Waals surface area contributed by atoms with Gasteiger partial charge in [-0.3, -0.25) is 4.99 Å². The molecule has 0 spiro atoms. The average molecular weight is 539 g/mol. The number of hydrogen-bond donors (Lipinski definition) is 1. The summed E-state index contributed by atoms with van der Waals surface area (Å²) in [6.45, 7) is 16.0. The molecule has 176 valence electrons. The number of piperidine rings is 1. The Kier molecular flexibility index (Phi) is 10.7. The van der Waals surface area contributed by atoms with Gasteiger partial charge in [0, 0.05) is 39.3 Å². The monoisotopic (exact) mass is 538 g/mol. The Labute approximate surface area is 200 Å². The summed E-state index contributed by atoms with van der Waals surface area (Å²) in [5.41, 5.74) is -0.741. The predicted octanol–water partition coefficient (Wildman–Crippen LogP) is 4.11. The molecular weight excluding hydrogens is 495 g/mol. The molecule has 1 heterocycles. The molecule has 1 aliphatic heterocycles. The SMILES string of the molecule is CCNC(=NCC(C)(C)OC)N1CCC(N(CC2CC2)C(=O)OC(C)(C)C)CC1.I. The number of hydrogen-bond acceptors (Lipinski definition) is 4. The lowest BCUT2D eigenvalue weighted by Crippen LogP contribution is -2.52. The van der Waals surface area contributed by atoms with Crippen LogP contribution < -0.4 is 5.32 Å². The maximum atomic E-state index is 12.8. The number of carbonyl (C=O) groups excluding carboxylic acids is 1. The third-order valence-corrected chi connectivity index (χ3v) is 5.48. The van der Waals surface area contributed by atoms with Crippen LogP contribution in [-0.4, -0.2) is 78.9 Å². The van der Waals surface area contributed by atoms with E-state index in [1.165, 1.54) is 12.8 Å². The van der Waals surface area contributed by atoms with Gasteiger partial charge < -0.3 is 24.6 Å². The third kappa shape index (κ3) is 9.16. The van der Waals surface area contributed by atoms with Crippen LogP contribution in [0.25, 0.3) is 0 Å². The molecule has 2 aliphatic rings. The van der Waals surface area contributed by atoms with E-state index in [1.54, 1.807) is 7.11 Å². The van der Waals surface area contributed by atoms with Crippen LogP contribution in [0.5, 0.6) is 0 Å². The summed E-state index contributed by atoms with van der Waals surface area (Å²) in [4.78, 5) is 21.9. The van der Waals surface area contributed by atoms with E-state index in [1.807, 2.05) is 39.5 Å². The summed E-state index contributed by atoms with van der Waals surface area (Å²) in [6.07, 6.45) is 4.16. The van der Waals surface area contributed by atoms with Crippen LogP contribution >= 0.6 is 24.0 Å². The Balaban J connectivity index is 0.00000450. The number of nitrogens with zero attached hydrogens (tertiary/aromatic N) is 3. The molecule has 0 aromatic heterocycles. The Morgan fingerprint density at radius 1 is 1.13 bits per heavy atom. The van der Waals surface area contributed by atoms with Crippen molar-refractivity contribution < 1.29 is 14.3 Å². The van der Waals surface area contributed by atoms with Crippen molar-refractivity contribution in [2.24, 2.45) is 10.9 Å². The fourth-order valence-corrected chi connectivity index (χ4v) is 3.42. The van der Waals surface area contributed by atoms with E-state index in [-0.39, 0.29) is 41.7 Å². The summed E-state index contributed by atoms with van der Waals surface area (Å²) in [7, 11) is 1.72. The van der Waals surface area contributed by atoms with E-state index in [0.29, 0.717) is 12.5 Å². The van der Waals surface area contributed by atoms with Crippen molar-refractivity contribution in [3.8, 4) is 0 Å². The zero-order valence-electron chi connectivity index (χ0n) is 20.0. The molecule has 0 atom stereocenters. The van der Waals surface area contributed by atoms with Gasteiger partial charge in [0.2, 0.25) is 0 Å². The Hall–Kier alpha value is -0.770. The van der Waals surface area contributed by atoms with Gasteiger partial charge in [0.05, 0.1) is 12.1 Å². The summed E-state index contributed by atoms with van der Waals surface area (Å²) < 4.78 is 11.2. The second kappa shape index (κ2) is 11.7. The van der Waals surface area contributed by atoms with Gasteiger partial charge in [-0.15, -0.1) is 24.0 Å². The number of halogens is 1. The molecule has 30 heavy (non-hydrogen) atoms. The molecule has 1 aliphatic carbocycles. The highest BCUT2D eigenvalue weighted by Gasteiger charge is 2.35. The van der Waals surface area contributed by atoms with E-state index in [4.69, 9.17) is 14.5 Å². The minimum absolute atomic E-state index is 0. The predicted molar refractivity (Wildman–Crippen MR) is 133 cm³/mol. The van der Waals surface area contributed by atoms with Gasteiger partial charge in [-0.25, -0.2) is 4.79 Å². The molecular formula is C22H43IN4O3. The van der Waals surface area contributed by atoms with Crippen LogP contribution in [-0.2, 0) is 9.47 Å². The zero-order chi connectivity index (χ0) is 21.7. The number of aliphatic imine (C=N–C) groups is 1. The van der Waals surface area contributed by atoms with E-state index < -0.39 is 5.60 Å². The minimum atomic E-state index is -0.460.